The van der Waals surface area contributed by atoms with E-state index in [2.05, 4.69) is 10.2 Å². The number of H-pyrrole nitrogens is 1. The molecule has 0 unspecified atom stereocenters. The summed E-state index contributed by atoms with van der Waals surface area (Å²) in [5.41, 5.74) is 5.53. The average molecular weight is 240 g/mol. The van der Waals surface area contributed by atoms with Crippen LogP contribution in [0.2, 0.25) is 0 Å². The Balaban J connectivity index is 2.57. The van der Waals surface area contributed by atoms with Crippen molar-refractivity contribution in [1.29, 1.82) is 0 Å². The van der Waals surface area contributed by atoms with Crippen LogP contribution in [-0.2, 0) is 11.3 Å². The molecule has 90 valence electrons. The Bertz CT molecular complexity index is 378. The molecule has 4 N–H and O–H groups in total. The van der Waals surface area contributed by atoms with Crippen LogP contribution in [0.25, 0.3) is 0 Å². The highest BCUT2D eigenvalue weighted by Crippen LogP contribution is 2.22. The SMILES string of the molecule is Nc1[nH]ncc1CNC(=O)C(F)(F)C(F)F. The number of halogens is 4. The molecule has 0 saturated carbocycles. The maximum atomic E-state index is 12.5. The second-order valence-electron chi connectivity index (χ2n) is 2.92. The summed E-state index contributed by atoms with van der Waals surface area (Å²) in [5, 5.41) is 7.39. The van der Waals surface area contributed by atoms with Crippen LogP contribution in [-0.4, -0.2) is 28.5 Å². The zero-order valence-corrected chi connectivity index (χ0v) is 7.81. The minimum absolute atomic E-state index is 0.0701. The number of aromatic nitrogens is 2. The molecule has 1 amide bonds. The van der Waals surface area contributed by atoms with Crippen LogP contribution in [0.15, 0.2) is 6.20 Å². The van der Waals surface area contributed by atoms with Gasteiger partial charge in [-0.1, -0.05) is 0 Å². The minimum atomic E-state index is -4.71. The Labute approximate surface area is 87.0 Å². The molecule has 0 aliphatic carbocycles. The predicted octanol–water partition coefficient (Wildman–Crippen LogP) is 0.509. The monoisotopic (exact) mass is 240 g/mol. The van der Waals surface area contributed by atoms with E-state index in [9.17, 15) is 22.4 Å². The van der Waals surface area contributed by atoms with Crippen LogP contribution in [0.1, 0.15) is 5.56 Å². The summed E-state index contributed by atoms with van der Waals surface area (Å²) in [4.78, 5) is 10.7. The number of carbonyl (C=O) groups excluding carboxylic acids is 1. The second kappa shape index (κ2) is 4.37. The Morgan fingerprint density at radius 1 is 1.62 bits per heavy atom. The topological polar surface area (TPSA) is 83.8 Å². The lowest BCUT2D eigenvalue weighted by molar-refractivity contribution is -0.169. The second-order valence-corrected chi connectivity index (χ2v) is 2.92. The van der Waals surface area contributed by atoms with Crippen molar-refractivity contribution in [2.75, 3.05) is 5.73 Å². The lowest BCUT2D eigenvalue weighted by Crippen LogP contribution is -2.44. The fourth-order valence-electron chi connectivity index (χ4n) is 0.854. The third-order valence-corrected chi connectivity index (χ3v) is 1.77. The highest BCUT2D eigenvalue weighted by Gasteiger charge is 2.48. The molecule has 0 aromatic carbocycles. The van der Waals surface area contributed by atoms with Gasteiger partial charge in [0.05, 0.1) is 6.20 Å². The van der Waals surface area contributed by atoms with E-state index in [-0.39, 0.29) is 11.4 Å². The molecule has 0 spiro atoms. The van der Waals surface area contributed by atoms with Crippen LogP contribution < -0.4 is 11.1 Å². The van der Waals surface area contributed by atoms with Crippen molar-refractivity contribution in [3.05, 3.63) is 11.8 Å². The third-order valence-electron chi connectivity index (χ3n) is 1.77. The molecule has 16 heavy (non-hydrogen) atoms. The summed E-state index contributed by atoms with van der Waals surface area (Å²) < 4.78 is 48.4. The molecular formula is C7H8F4N4O. The van der Waals surface area contributed by atoms with Crippen molar-refractivity contribution in [3.8, 4) is 0 Å². The van der Waals surface area contributed by atoms with Gasteiger partial charge in [0.1, 0.15) is 5.82 Å². The Kier molecular flexibility index (Phi) is 3.35. The molecule has 0 aliphatic rings. The number of nitrogens with one attached hydrogen (secondary N) is 2. The van der Waals surface area contributed by atoms with Crippen LogP contribution in [0.3, 0.4) is 0 Å². The van der Waals surface area contributed by atoms with E-state index in [0.717, 1.165) is 0 Å². The first-order valence-electron chi connectivity index (χ1n) is 4.07. The van der Waals surface area contributed by atoms with Gasteiger partial charge in [-0.15, -0.1) is 0 Å². The first-order valence-corrected chi connectivity index (χ1v) is 4.07. The number of nitrogen functional groups attached to an aromatic ring is 1. The van der Waals surface area contributed by atoms with Crippen molar-refractivity contribution in [3.63, 3.8) is 0 Å². The van der Waals surface area contributed by atoms with Crippen LogP contribution in [0, 0.1) is 0 Å². The smallest absolute Gasteiger partial charge is 0.383 e. The molecule has 1 heterocycles. The van der Waals surface area contributed by atoms with Gasteiger partial charge in [0, 0.05) is 12.1 Å². The molecule has 0 bridgehead atoms. The summed E-state index contributed by atoms with van der Waals surface area (Å²) in [6, 6.07) is 0. The van der Waals surface area contributed by atoms with E-state index in [1.54, 1.807) is 5.32 Å². The standard InChI is InChI=1S/C7H8F4N4O/c8-5(9)7(10,11)6(16)13-1-3-2-14-15-4(3)12/h2,5H,1H2,(H,13,16)(H3,12,14,15). The van der Waals surface area contributed by atoms with Crippen LogP contribution >= 0.6 is 0 Å². The first kappa shape index (κ1) is 12.3. The summed E-state index contributed by atoms with van der Waals surface area (Å²) >= 11 is 0. The van der Waals surface area contributed by atoms with Crippen LogP contribution in [0.4, 0.5) is 23.4 Å². The summed E-state index contributed by atoms with van der Waals surface area (Å²) in [6.07, 6.45) is -2.86. The predicted molar refractivity (Wildman–Crippen MR) is 45.8 cm³/mol. The molecule has 1 aromatic heterocycles. The number of nitrogens with zero attached hydrogens (tertiary/aromatic N) is 1. The molecule has 9 heteroatoms. The Morgan fingerprint density at radius 3 is 2.69 bits per heavy atom. The molecular weight excluding hydrogens is 232 g/mol. The normalized spacial score (nSPS) is 11.8. The molecule has 1 rings (SSSR count). The quantitative estimate of drug-likeness (QED) is 0.670. The number of carbonyl (C=O) groups is 1. The highest BCUT2D eigenvalue weighted by atomic mass is 19.3. The fraction of sp³-hybridized carbons (Fsp3) is 0.429. The first-order chi connectivity index (χ1) is 7.35. The molecule has 5 nitrogen and oxygen atoms in total. The number of alkyl halides is 4. The average Bonchev–Trinajstić information content (AvgIpc) is 2.60. The van der Waals surface area contributed by atoms with Gasteiger partial charge in [0.2, 0.25) is 0 Å². The molecule has 0 fully saturated rings. The lowest BCUT2D eigenvalue weighted by atomic mass is 10.3. The number of hydrogen-bond donors (Lipinski definition) is 3. The van der Waals surface area contributed by atoms with Gasteiger partial charge in [-0.25, -0.2) is 8.78 Å². The van der Waals surface area contributed by atoms with Gasteiger partial charge in [-0.2, -0.15) is 13.9 Å². The summed E-state index contributed by atoms with van der Waals surface area (Å²) in [6.45, 7) is -0.399. The van der Waals surface area contributed by atoms with E-state index in [1.165, 1.54) is 6.20 Å². The number of anilines is 1. The van der Waals surface area contributed by atoms with Crippen molar-refractivity contribution in [2.45, 2.75) is 18.9 Å². The van der Waals surface area contributed by atoms with Crippen molar-refractivity contribution in [1.82, 2.24) is 15.5 Å². The van der Waals surface area contributed by atoms with Crippen molar-refractivity contribution in [2.24, 2.45) is 0 Å². The molecule has 0 atom stereocenters. The molecule has 1 aromatic rings. The fourth-order valence-corrected chi connectivity index (χ4v) is 0.854. The molecule has 0 aliphatic heterocycles. The highest BCUT2D eigenvalue weighted by molar-refractivity contribution is 5.83. The number of rotatable bonds is 4. The van der Waals surface area contributed by atoms with E-state index < -0.39 is 24.8 Å². The largest absolute Gasteiger partial charge is 0.384 e. The van der Waals surface area contributed by atoms with Gasteiger partial charge >= 0.3 is 12.3 Å². The Hall–Kier alpha value is -1.80. The number of amides is 1. The van der Waals surface area contributed by atoms with Gasteiger partial charge < -0.3 is 11.1 Å². The maximum absolute atomic E-state index is 12.5. The summed E-state index contributed by atoms with van der Waals surface area (Å²) in [7, 11) is 0. The van der Waals surface area contributed by atoms with Gasteiger partial charge in [0.25, 0.3) is 5.91 Å². The molecule has 0 radical (unpaired) electrons. The number of nitrogens with two attached hydrogens (primary N) is 1. The van der Waals surface area contributed by atoms with E-state index in [4.69, 9.17) is 5.73 Å². The van der Waals surface area contributed by atoms with Gasteiger partial charge in [0.15, 0.2) is 0 Å². The summed E-state index contributed by atoms with van der Waals surface area (Å²) in [5.74, 6) is -6.69. The third kappa shape index (κ3) is 2.41. The van der Waals surface area contributed by atoms with Gasteiger partial charge in [-0.3, -0.25) is 9.89 Å². The van der Waals surface area contributed by atoms with Crippen LogP contribution in [0.5, 0.6) is 0 Å². The zero-order valence-electron chi connectivity index (χ0n) is 7.81. The van der Waals surface area contributed by atoms with E-state index >= 15 is 0 Å². The minimum Gasteiger partial charge on any atom is -0.384 e. The van der Waals surface area contributed by atoms with Gasteiger partial charge in [-0.05, 0) is 0 Å². The number of hydrogen-bond acceptors (Lipinski definition) is 3. The maximum Gasteiger partial charge on any atom is 0.383 e. The van der Waals surface area contributed by atoms with E-state index in [0.29, 0.717) is 0 Å². The zero-order chi connectivity index (χ0) is 12.3. The Morgan fingerprint density at radius 2 is 2.25 bits per heavy atom. The van der Waals surface area contributed by atoms with E-state index in [1.807, 2.05) is 0 Å². The van der Waals surface area contributed by atoms with Crippen molar-refractivity contribution < 1.29 is 22.4 Å². The molecule has 0 saturated heterocycles. The number of aromatic amines is 1. The lowest BCUT2D eigenvalue weighted by Gasteiger charge is -2.14. The van der Waals surface area contributed by atoms with Crippen molar-refractivity contribution >= 4 is 11.7 Å².